The lowest BCUT2D eigenvalue weighted by Gasteiger charge is -2.11. The Hall–Kier alpha value is -2.50. The van der Waals surface area contributed by atoms with E-state index in [1.807, 2.05) is 23.9 Å². The van der Waals surface area contributed by atoms with Gasteiger partial charge in [-0.05, 0) is 37.6 Å². The van der Waals surface area contributed by atoms with Gasteiger partial charge in [0.25, 0.3) is 0 Å². The summed E-state index contributed by atoms with van der Waals surface area (Å²) < 4.78 is 7.03. The van der Waals surface area contributed by atoms with E-state index >= 15 is 0 Å². The number of methoxy groups -OCH3 is 1. The Balaban J connectivity index is 1.85. The van der Waals surface area contributed by atoms with E-state index in [9.17, 15) is 4.79 Å². The molecular weight excluding hydrogens is 268 g/mol. The van der Waals surface area contributed by atoms with E-state index in [0.717, 1.165) is 18.7 Å². The number of nitrogens with zero attached hydrogens (tertiary/aromatic N) is 2. The molecule has 0 atom stereocenters. The molecule has 6 heteroatoms. The predicted molar refractivity (Wildman–Crippen MR) is 82.2 cm³/mol. The number of carbonyl (C=O) groups excluding carboxylic acids is 1. The van der Waals surface area contributed by atoms with Crippen LogP contribution < -0.4 is 15.8 Å². The van der Waals surface area contributed by atoms with Gasteiger partial charge in [-0.3, -0.25) is 9.48 Å². The number of anilines is 2. The highest BCUT2D eigenvalue weighted by molar-refractivity contribution is 5.92. The fourth-order valence-corrected chi connectivity index (χ4v) is 2.03. The monoisotopic (exact) mass is 288 g/mol. The molecule has 0 aliphatic heterocycles. The molecule has 0 spiro atoms. The summed E-state index contributed by atoms with van der Waals surface area (Å²) in [6, 6.07) is 7.09. The van der Waals surface area contributed by atoms with Gasteiger partial charge in [-0.25, -0.2) is 0 Å². The van der Waals surface area contributed by atoms with Crippen LogP contribution in [0.4, 0.5) is 11.4 Å². The van der Waals surface area contributed by atoms with Crippen LogP contribution in [0, 0.1) is 6.92 Å². The van der Waals surface area contributed by atoms with Crippen molar-refractivity contribution < 1.29 is 9.53 Å². The van der Waals surface area contributed by atoms with Crippen molar-refractivity contribution in [2.45, 2.75) is 26.3 Å². The van der Waals surface area contributed by atoms with Gasteiger partial charge in [-0.15, -0.1) is 0 Å². The van der Waals surface area contributed by atoms with Gasteiger partial charge < -0.3 is 15.8 Å². The quantitative estimate of drug-likeness (QED) is 0.798. The second-order valence-corrected chi connectivity index (χ2v) is 4.83. The average molecular weight is 288 g/mol. The number of aryl methyl sites for hydroxylation is 2. The molecule has 1 aromatic carbocycles. The van der Waals surface area contributed by atoms with E-state index in [-0.39, 0.29) is 5.91 Å². The molecule has 1 heterocycles. The van der Waals surface area contributed by atoms with Crippen molar-refractivity contribution in [3.8, 4) is 5.75 Å². The molecule has 0 saturated carbocycles. The summed E-state index contributed by atoms with van der Waals surface area (Å²) in [5.74, 6) is 0.531. The van der Waals surface area contributed by atoms with Crippen LogP contribution in [0.15, 0.2) is 30.5 Å². The molecule has 6 nitrogen and oxygen atoms in total. The van der Waals surface area contributed by atoms with Gasteiger partial charge in [0.05, 0.1) is 18.5 Å². The Morgan fingerprint density at radius 3 is 2.90 bits per heavy atom. The Morgan fingerprint density at radius 1 is 1.43 bits per heavy atom. The predicted octanol–water partition coefficient (Wildman–Crippen LogP) is 2.20. The van der Waals surface area contributed by atoms with E-state index in [2.05, 4.69) is 10.4 Å². The Bertz CT molecular complexity index is 622. The Labute approximate surface area is 123 Å². The number of ether oxygens (including phenoxy) is 1. The molecule has 112 valence electrons. The molecule has 1 amide bonds. The molecule has 0 radical (unpaired) electrons. The van der Waals surface area contributed by atoms with Crippen LogP contribution in [0.3, 0.4) is 0 Å². The smallest absolute Gasteiger partial charge is 0.224 e. The maximum absolute atomic E-state index is 12.0. The van der Waals surface area contributed by atoms with Gasteiger partial charge in [0.1, 0.15) is 5.75 Å². The zero-order valence-corrected chi connectivity index (χ0v) is 12.3. The van der Waals surface area contributed by atoms with Gasteiger partial charge in [-0.1, -0.05) is 0 Å². The van der Waals surface area contributed by atoms with Crippen molar-refractivity contribution in [2.24, 2.45) is 0 Å². The number of carbonyl (C=O) groups is 1. The normalized spacial score (nSPS) is 10.4. The molecule has 1 aromatic heterocycles. The fourth-order valence-electron chi connectivity index (χ4n) is 2.03. The average Bonchev–Trinajstić information content (AvgIpc) is 2.85. The molecule has 21 heavy (non-hydrogen) atoms. The highest BCUT2D eigenvalue weighted by atomic mass is 16.5. The standard InChI is InChI=1S/C15H20N4O2/c1-11-7-9-19(18-11)8-3-4-15(20)17-13-10-12(16)5-6-14(13)21-2/h5-7,9-10H,3-4,8,16H2,1-2H3,(H,17,20). The zero-order valence-electron chi connectivity index (χ0n) is 12.3. The number of nitrogens with two attached hydrogens (primary N) is 1. The molecule has 0 aliphatic rings. The third kappa shape index (κ3) is 4.24. The van der Waals surface area contributed by atoms with Crippen LogP contribution in [-0.2, 0) is 11.3 Å². The number of benzene rings is 1. The van der Waals surface area contributed by atoms with E-state index < -0.39 is 0 Å². The van der Waals surface area contributed by atoms with Crippen LogP contribution in [0.25, 0.3) is 0 Å². The van der Waals surface area contributed by atoms with Crippen LogP contribution in [-0.4, -0.2) is 22.8 Å². The first-order valence-electron chi connectivity index (χ1n) is 6.82. The lowest BCUT2D eigenvalue weighted by molar-refractivity contribution is -0.116. The first-order valence-corrected chi connectivity index (χ1v) is 6.82. The van der Waals surface area contributed by atoms with Gasteiger partial charge in [0.15, 0.2) is 0 Å². The molecular formula is C15H20N4O2. The minimum absolute atomic E-state index is 0.0669. The van der Waals surface area contributed by atoms with Crippen molar-refractivity contribution in [3.63, 3.8) is 0 Å². The number of rotatable bonds is 6. The second-order valence-electron chi connectivity index (χ2n) is 4.83. The van der Waals surface area contributed by atoms with Gasteiger partial charge in [0.2, 0.25) is 5.91 Å². The third-order valence-electron chi connectivity index (χ3n) is 3.06. The number of amides is 1. The van der Waals surface area contributed by atoms with Crippen LogP contribution in [0.5, 0.6) is 5.75 Å². The van der Waals surface area contributed by atoms with Crippen molar-refractivity contribution in [1.82, 2.24) is 9.78 Å². The summed E-state index contributed by atoms with van der Waals surface area (Å²) in [7, 11) is 1.56. The Kier molecular flexibility index (Phi) is 4.81. The molecule has 0 saturated heterocycles. The van der Waals surface area contributed by atoms with Crippen molar-refractivity contribution in [3.05, 3.63) is 36.2 Å². The molecule has 0 unspecified atom stereocenters. The largest absolute Gasteiger partial charge is 0.495 e. The topological polar surface area (TPSA) is 82.2 Å². The summed E-state index contributed by atoms with van der Waals surface area (Å²) in [6.45, 7) is 2.66. The summed E-state index contributed by atoms with van der Waals surface area (Å²) in [4.78, 5) is 12.0. The molecule has 0 bridgehead atoms. The van der Waals surface area contributed by atoms with E-state index in [0.29, 0.717) is 23.5 Å². The van der Waals surface area contributed by atoms with Crippen LogP contribution in [0.1, 0.15) is 18.5 Å². The van der Waals surface area contributed by atoms with E-state index in [1.165, 1.54) is 0 Å². The summed E-state index contributed by atoms with van der Waals surface area (Å²) >= 11 is 0. The molecule has 0 aliphatic carbocycles. The summed E-state index contributed by atoms with van der Waals surface area (Å²) in [5.41, 5.74) is 7.87. The van der Waals surface area contributed by atoms with Crippen molar-refractivity contribution in [2.75, 3.05) is 18.2 Å². The summed E-state index contributed by atoms with van der Waals surface area (Å²) in [5, 5.41) is 7.10. The number of nitrogens with one attached hydrogen (secondary N) is 1. The van der Waals surface area contributed by atoms with Gasteiger partial charge in [-0.2, -0.15) is 5.10 Å². The molecule has 2 rings (SSSR count). The van der Waals surface area contributed by atoms with Crippen LogP contribution in [0.2, 0.25) is 0 Å². The minimum Gasteiger partial charge on any atom is -0.495 e. The van der Waals surface area contributed by atoms with Gasteiger partial charge >= 0.3 is 0 Å². The number of nitrogen functional groups attached to an aromatic ring is 1. The fraction of sp³-hybridized carbons (Fsp3) is 0.333. The van der Waals surface area contributed by atoms with Crippen LogP contribution >= 0.6 is 0 Å². The van der Waals surface area contributed by atoms with E-state index in [1.54, 1.807) is 25.3 Å². The lowest BCUT2D eigenvalue weighted by Crippen LogP contribution is -2.13. The molecule has 2 aromatic rings. The highest BCUT2D eigenvalue weighted by Gasteiger charge is 2.08. The first kappa shape index (κ1) is 14.9. The molecule has 0 fully saturated rings. The Morgan fingerprint density at radius 2 is 2.24 bits per heavy atom. The number of hydrogen-bond donors (Lipinski definition) is 2. The molecule has 3 N–H and O–H groups in total. The van der Waals surface area contributed by atoms with Crippen molar-refractivity contribution in [1.29, 1.82) is 0 Å². The number of hydrogen-bond acceptors (Lipinski definition) is 4. The highest BCUT2D eigenvalue weighted by Crippen LogP contribution is 2.26. The maximum Gasteiger partial charge on any atom is 0.224 e. The zero-order chi connectivity index (χ0) is 15.2. The summed E-state index contributed by atoms with van der Waals surface area (Å²) in [6.07, 6.45) is 3.04. The lowest BCUT2D eigenvalue weighted by atomic mass is 10.2. The maximum atomic E-state index is 12.0. The van der Waals surface area contributed by atoms with E-state index in [4.69, 9.17) is 10.5 Å². The number of aromatic nitrogens is 2. The second kappa shape index (κ2) is 6.78. The van der Waals surface area contributed by atoms with Gasteiger partial charge in [0, 0.05) is 24.8 Å². The SMILES string of the molecule is COc1ccc(N)cc1NC(=O)CCCn1ccc(C)n1. The third-order valence-corrected chi connectivity index (χ3v) is 3.06. The minimum atomic E-state index is -0.0669. The first-order chi connectivity index (χ1) is 10.1. The van der Waals surface area contributed by atoms with Crippen molar-refractivity contribution >= 4 is 17.3 Å².